The fourth-order valence-corrected chi connectivity index (χ4v) is 1.76. The van der Waals surface area contributed by atoms with E-state index in [0.29, 0.717) is 11.1 Å². The van der Waals surface area contributed by atoms with E-state index in [2.05, 4.69) is 15.3 Å². The molecule has 2 aromatic rings. The van der Waals surface area contributed by atoms with Crippen molar-refractivity contribution in [3.8, 4) is 0 Å². The minimum Gasteiger partial charge on any atom is -0.465 e. The molecule has 0 saturated heterocycles. The van der Waals surface area contributed by atoms with Crippen LogP contribution in [0.1, 0.15) is 31.8 Å². The number of amides is 1. The lowest BCUT2D eigenvalue weighted by atomic mass is 10.1. The average molecular weight is 296 g/mol. The van der Waals surface area contributed by atoms with Gasteiger partial charge < -0.3 is 4.74 Å². The molecule has 5 heteroatoms. The highest BCUT2D eigenvalue weighted by Gasteiger charge is 2.04. The molecule has 0 aliphatic rings. The highest BCUT2D eigenvalue weighted by molar-refractivity contribution is 5.95. The zero-order valence-corrected chi connectivity index (χ0v) is 12.4. The molecule has 0 heterocycles. The molecule has 0 aromatic heterocycles. The Morgan fingerprint density at radius 2 is 1.59 bits per heavy atom. The van der Waals surface area contributed by atoms with Crippen LogP contribution < -0.4 is 5.43 Å². The van der Waals surface area contributed by atoms with Gasteiger partial charge in [-0.2, -0.15) is 5.10 Å². The summed E-state index contributed by atoms with van der Waals surface area (Å²) in [5.74, 6) is -0.668. The van der Waals surface area contributed by atoms with Crippen molar-refractivity contribution in [2.24, 2.45) is 5.10 Å². The van der Waals surface area contributed by atoms with Gasteiger partial charge in [0.05, 0.1) is 18.9 Å². The first-order valence-electron chi connectivity index (χ1n) is 6.68. The summed E-state index contributed by atoms with van der Waals surface area (Å²) in [5.41, 5.74) is 5.31. The van der Waals surface area contributed by atoms with E-state index in [1.54, 1.807) is 36.4 Å². The fraction of sp³-hybridized carbons (Fsp3) is 0.118. The molecule has 112 valence electrons. The number of hydrogen-bond donors (Lipinski definition) is 1. The number of nitrogens with zero attached hydrogens (tertiary/aromatic N) is 1. The summed E-state index contributed by atoms with van der Waals surface area (Å²) in [7, 11) is 1.33. The number of carbonyl (C=O) groups is 2. The number of carbonyl (C=O) groups excluding carboxylic acids is 2. The SMILES string of the molecule is COC(=O)c1ccc(/C=N/NC(=O)c2ccc(C)cc2)cc1. The first kappa shape index (κ1) is 15.4. The Morgan fingerprint density at radius 3 is 2.18 bits per heavy atom. The van der Waals surface area contributed by atoms with Gasteiger partial charge in [-0.1, -0.05) is 29.8 Å². The average Bonchev–Trinajstić information content (AvgIpc) is 2.55. The molecular weight excluding hydrogens is 280 g/mol. The van der Waals surface area contributed by atoms with E-state index in [4.69, 9.17) is 0 Å². The number of hydrogen-bond acceptors (Lipinski definition) is 4. The monoisotopic (exact) mass is 296 g/mol. The van der Waals surface area contributed by atoms with Crippen LogP contribution in [0.2, 0.25) is 0 Å². The van der Waals surface area contributed by atoms with Crippen LogP contribution in [0, 0.1) is 6.92 Å². The largest absolute Gasteiger partial charge is 0.465 e. The van der Waals surface area contributed by atoms with Crippen LogP contribution in [-0.4, -0.2) is 25.2 Å². The van der Waals surface area contributed by atoms with Crippen molar-refractivity contribution in [3.63, 3.8) is 0 Å². The number of rotatable bonds is 4. The Balaban J connectivity index is 1.96. The molecule has 0 aliphatic carbocycles. The van der Waals surface area contributed by atoms with Crippen molar-refractivity contribution in [2.75, 3.05) is 7.11 Å². The molecular formula is C17H16N2O3. The molecule has 0 radical (unpaired) electrons. The number of methoxy groups -OCH3 is 1. The Bertz CT molecular complexity index is 689. The molecule has 22 heavy (non-hydrogen) atoms. The summed E-state index contributed by atoms with van der Waals surface area (Å²) in [5, 5.41) is 3.89. The number of hydrazone groups is 1. The van der Waals surface area contributed by atoms with Crippen molar-refractivity contribution in [2.45, 2.75) is 6.92 Å². The molecule has 0 aliphatic heterocycles. The standard InChI is InChI=1S/C17H16N2O3/c1-12-3-7-14(8-4-12)16(20)19-18-11-13-5-9-15(10-6-13)17(21)22-2/h3-11H,1-2H3,(H,19,20)/b18-11+. The third-order valence-electron chi connectivity index (χ3n) is 3.03. The molecule has 0 unspecified atom stereocenters. The number of esters is 1. The second-order valence-corrected chi connectivity index (χ2v) is 4.68. The lowest BCUT2D eigenvalue weighted by Gasteiger charge is -2.01. The van der Waals surface area contributed by atoms with Crippen LogP contribution in [0.15, 0.2) is 53.6 Å². The summed E-state index contributed by atoms with van der Waals surface area (Å²) in [6.07, 6.45) is 1.51. The van der Waals surface area contributed by atoms with Gasteiger partial charge >= 0.3 is 5.97 Å². The molecule has 0 spiro atoms. The van der Waals surface area contributed by atoms with Crippen LogP contribution in [0.3, 0.4) is 0 Å². The van der Waals surface area contributed by atoms with Crippen LogP contribution in [0.5, 0.6) is 0 Å². The lowest BCUT2D eigenvalue weighted by Crippen LogP contribution is -2.17. The summed E-state index contributed by atoms with van der Waals surface area (Å²) < 4.78 is 4.62. The Hall–Kier alpha value is -2.95. The van der Waals surface area contributed by atoms with Gasteiger partial charge in [0.25, 0.3) is 5.91 Å². The quantitative estimate of drug-likeness (QED) is 0.535. The van der Waals surface area contributed by atoms with E-state index in [-0.39, 0.29) is 5.91 Å². The van der Waals surface area contributed by atoms with Gasteiger partial charge in [0.2, 0.25) is 0 Å². The minimum absolute atomic E-state index is 0.276. The third kappa shape index (κ3) is 4.02. The summed E-state index contributed by atoms with van der Waals surface area (Å²) in [6.45, 7) is 1.96. The summed E-state index contributed by atoms with van der Waals surface area (Å²) in [4.78, 5) is 23.1. The van der Waals surface area contributed by atoms with Gasteiger partial charge in [0.15, 0.2) is 0 Å². The third-order valence-corrected chi connectivity index (χ3v) is 3.03. The zero-order valence-electron chi connectivity index (χ0n) is 12.4. The highest BCUT2D eigenvalue weighted by atomic mass is 16.5. The van der Waals surface area contributed by atoms with E-state index >= 15 is 0 Å². The van der Waals surface area contributed by atoms with Crippen molar-refractivity contribution >= 4 is 18.1 Å². The van der Waals surface area contributed by atoms with E-state index in [1.165, 1.54) is 13.3 Å². The van der Waals surface area contributed by atoms with Gasteiger partial charge in [-0.05, 0) is 36.8 Å². The molecule has 5 nitrogen and oxygen atoms in total. The van der Waals surface area contributed by atoms with E-state index < -0.39 is 5.97 Å². The Labute approximate surface area is 128 Å². The van der Waals surface area contributed by atoms with E-state index in [0.717, 1.165) is 11.1 Å². The van der Waals surface area contributed by atoms with Gasteiger partial charge in [-0.15, -0.1) is 0 Å². The molecule has 0 atom stereocenters. The van der Waals surface area contributed by atoms with Gasteiger partial charge in [0.1, 0.15) is 0 Å². The number of nitrogens with one attached hydrogen (secondary N) is 1. The molecule has 0 fully saturated rings. The smallest absolute Gasteiger partial charge is 0.337 e. The first-order chi connectivity index (χ1) is 10.6. The van der Waals surface area contributed by atoms with Crippen LogP contribution in [0.25, 0.3) is 0 Å². The second-order valence-electron chi connectivity index (χ2n) is 4.68. The van der Waals surface area contributed by atoms with Crippen LogP contribution >= 0.6 is 0 Å². The van der Waals surface area contributed by atoms with E-state index in [1.807, 2.05) is 19.1 Å². The number of aryl methyl sites for hydroxylation is 1. The first-order valence-corrected chi connectivity index (χ1v) is 6.68. The van der Waals surface area contributed by atoms with Crippen molar-refractivity contribution < 1.29 is 14.3 Å². The van der Waals surface area contributed by atoms with Crippen molar-refractivity contribution in [3.05, 3.63) is 70.8 Å². The minimum atomic E-state index is -0.392. The summed E-state index contributed by atoms with van der Waals surface area (Å²) >= 11 is 0. The predicted molar refractivity (Wildman–Crippen MR) is 84.0 cm³/mol. The number of benzene rings is 2. The maximum atomic E-state index is 11.8. The summed E-state index contributed by atoms with van der Waals surface area (Å²) in [6, 6.07) is 13.9. The maximum absolute atomic E-state index is 11.8. The van der Waals surface area contributed by atoms with Crippen LogP contribution in [0.4, 0.5) is 0 Å². The fourth-order valence-electron chi connectivity index (χ4n) is 1.76. The predicted octanol–water partition coefficient (Wildman–Crippen LogP) is 2.55. The maximum Gasteiger partial charge on any atom is 0.337 e. The Morgan fingerprint density at radius 1 is 1.00 bits per heavy atom. The van der Waals surface area contributed by atoms with Gasteiger partial charge in [0, 0.05) is 5.56 Å². The Kier molecular flexibility index (Phi) is 5.03. The zero-order chi connectivity index (χ0) is 15.9. The molecule has 0 bridgehead atoms. The number of ether oxygens (including phenoxy) is 1. The molecule has 2 rings (SSSR count). The van der Waals surface area contributed by atoms with Crippen molar-refractivity contribution in [1.82, 2.24) is 5.43 Å². The molecule has 0 saturated carbocycles. The van der Waals surface area contributed by atoms with Gasteiger partial charge in [-0.25, -0.2) is 10.2 Å². The second kappa shape index (κ2) is 7.17. The lowest BCUT2D eigenvalue weighted by molar-refractivity contribution is 0.0600. The highest BCUT2D eigenvalue weighted by Crippen LogP contribution is 2.04. The van der Waals surface area contributed by atoms with Crippen molar-refractivity contribution in [1.29, 1.82) is 0 Å². The topological polar surface area (TPSA) is 67.8 Å². The van der Waals surface area contributed by atoms with E-state index in [9.17, 15) is 9.59 Å². The van der Waals surface area contributed by atoms with Gasteiger partial charge in [-0.3, -0.25) is 4.79 Å². The normalized spacial score (nSPS) is 10.5. The molecule has 1 amide bonds. The van der Waals surface area contributed by atoms with Crippen LogP contribution in [-0.2, 0) is 4.74 Å². The molecule has 1 N–H and O–H groups in total. The molecule has 2 aromatic carbocycles.